The standard InChI is InChI=1S/C23H22BrN3O2/c1-17-2-4-19(5-3-17)16-29-22-12-6-18(7-13-22)14-26-27-23(28)15-25-21-10-8-20(24)9-11-21/h2-14,25H,15-16H2,1H3,(H,27,28)/b26-14-. The molecule has 0 saturated carbocycles. The number of aryl methyl sites for hydroxylation is 1. The second-order valence-corrected chi connectivity index (χ2v) is 7.41. The van der Waals surface area contributed by atoms with E-state index in [-0.39, 0.29) is 12.5 Å². The van der Waals surface area contributed by atoms with Crippen LogP contribution >= 0.6 is 15.9 Å². The molecule has 0 radical (unpaired) electrons. The van der Waals surface area contributed by atoms with Crippen LogP contribution in [0.1, 0.15) is 16.7 Å². The van der Waals surface area contributed by atoms with Gasteiger partial charge in [-0.1, -0.05) is 45.8 Å². The number of hydrogen-bond acceptors (Lipinski definition) is 4. The lowest BCUT2D eigenvalue weighted by Gasteiger charge is -2.07. The molecule has 0 unspecified atom stereocenters. The first-order chi connectivity index (χ1) is 14.1. The lowest BCUT2D eigenvalue weighted by atomic mass is 10.2. The molecular formula is C23H22BrN3O2. The maximum absolute atomic E-state index is 11.9. The minimum absolute atomic E-state index is 0.144. The summed E-state index contributed by atoms with van der Waals surface area (Å²) >= 11 is 3.37. The smallest absolute Gasteiger partial charge is 0.259 e. The Balaban J connectivity index is 1.41. The van der Waals surface area contributed by atoms with E-state index in [0.717, 1.165) is 27.0 Å². The van der Waals surface area contributed by atoms with Gasteiger partial charge in [-0.2, -0.15) is 5.10 Å². The van der Waals surface area contributed by atoms with Gasteiger partial charge in [-0.05, 0) is 66.6 Å². The number of nitrogens with zero attached hydrogens (tertiary/aromatic N) is 1. The van der Waals surface area contributed by atoms with Crippen LogP contribution in [0.15, 0.2) is 82.4 Å². The Morgan fingerprint density at radius 3 is 2.38 bits per heavy atom. The fourth-order valence-electron chi connectivity index (χ4n) is 2.47. The molecule has 0 saturated heterocycles. The number of carbonyl (C=O) groups excluding carboxylic acids is 1. The van der Waals surface area contributed by atoms with Gasteiger partial charge in [0.2, 0.25) is 0 Å². The highest BCUT2D eigenvalue weighted by Crippen LogP contribution is 2.14. The Hall–Kier alpha value is -3.12. The molecule has 0 aliphatic rings. The van der Waals surface area contributed by atoms with Crippen LogP contribution in [0.25, 0.3) is 0 Å². The molecule has 0 spiro atoms. The molecule has 3 aromatic carbocycles. The third kappa shape index (κ3) is 7.08. The number of hydrazone groups is 1. The van der Waals surface area contributed by atoms with Crippen molar-refractivity contribution < 1.29 is 9.53 Å². The van der Waals surface area contributed by atoms with Gasteiger partial charge in [0.05, 0.1) is 12.8 Å². The van der Waals surface area contributed by atoms with E-state index in [1.165, 1.54) is 5.56 Å². The highest BCUT2D eigenvalue weighted by atomic mass is 79.9. The molecule has 0 aliphatic carbocycles. The van der Waals surface area contributed by atoms with Crippen LogP contribution in [0.5, 0.6) is 5.75 Å². The number of ether oxygens (including phenoxy) is 1. The van der Waals surface area contributed by atoms with Crippen LogP contribution < -0.4 is 15.5 Å². The fraction of sp³-hybridized carbons (Fsp3) is 0.130. The van der Waals surface area contributed by atoms with Gasteiger partial charge in [-0.15, -0.1) is 0 Å². The molecule has 29 heavy (non-hydrogen) atoms. The fourth-order valence-corrected chi connectivity index (χ4v) is 2.73. The van der Waals surface area contributed by atoms with Crippen LogP contribution in [0, 0.1) is 6.92 Å². The van der Waals surface area contributed by atoms with Gasteiger partial charge in [0.15, 0.2) is 0 Å². The van der Waals surface area contributed by atoms with E-state index < -0.39 is 0 Å². The Bertz CT molecular complexity index is 953. The average Bonchev–Trinajstić information content (AvgIpc) is 2.74. The second kappa shape index (κ2) is 10.4. The molecule has 1 amide bonds. The van der Waals surface area contributed by atoms with E-state index in [9.17, 15) is 4.79 Å². The number of nitrogens with one attached hydrogen (secondary N) is 2. The summed E-state index contributed by atoms with van der Waals surface area (Å²) in [5.74, 6) is 0.563. The van der Waals surface area contributed by atoms with Crippen molar-refractivity contribution in [3.63, 3.8) is 0 Å². The second-order valence-electron chi connectivity index (χ2n) is 6.50. The minimum Gasteiger partial charge on any atom is -0.489 e. The van der Waals surface area contributed by atoms with Gasteiger partial charge >= 0.3 is 0 Å². The van der Waals surface area contributed by atoms with Crippen molar-refractivity contribution in [2.45, 2.75) is 13.5 Å². The predicted octanol–water partition coefficient (Wildman–Crippen LogP) is 4.90. The van der Waals surface area contributed by atoms with E-state index in [2.05, 4.69) is 63.0 Å². The van der Waals surface area contributed by atoms with Crippen molar-refractivity contribution in [2.75, 3.05) is 11.9 Å². The number of rotatable bonds is 8. The Labute approximate surface area is 178 Å². The van der Waals surface area contributed by atoms with E-state index >= 15 is 0 Å². The Kier molecular flexibility index (Phi) is 7.41. The van der Waals surface area contributed by atoms with Crippen LogP contribution in [0.2, 0.25) is 0 Å². The normalized spacial score (nSPS) is 10.7. The molecule has 0 aliphatic heterocycles. The molecule has 5 nitrogen and oxygen atoms in total. The Morgan fingerprint density at radius 2 is 1.69 bits per heavy atom. The van der Waals surface area contributed by atoms with Crippen molar-refractivity contribution in [1.82, 2.24) is 5.43 Å². The van der Waals surface area contributed by atoms with Crippen molar-refractivity contribution >= 4 is 33.7 Å². The summed E-state index contributed by atoms with van der Waals surface area (Å²) in [4.78, 5) is 11.9. The summed E-state index contributed by atoms with van der Waals surface area (Å²) in [6.45, 7) is 2.73. The molecule has 2 N–H and O–H groups in total. The third-order valence-electron chi connectivity index (χ3n) is 4.11. The van der Waals surface area contributed by atoms with Crippen molar-refractivity contribution in [2.24, 2.45) is 5.10 Å². The SMILES string of the molecule is Cc1ccc(COc2ccc(/C=N\NC(=O)CNc3ccc(Br)cc3)cc2)cc1. The largest absolute Gasteiger partial charge is 0.489 e. The Morgan fingerprint density at radius 1 is 1.00 bits per heavy atom. The van der Waals surface area contributed by atoms with Gasteiger partial charge in [-0.25, -0.2) is 5.43 Å². The summed E-state index contributed by atoms with van der Waals surface area (Å²) < 4.78 is 6.78. The van der Waals surface area contributed by atoms with Crippen LogP contribution in [-0.2, 0) is 11.4 Å². The molecule has 0 bridgehead atoms. The van der Waals surface area contributed by atoms with E-state index in [0.29, 0.717) is 6.61 Å². The molecule has 0 fully saturated rings. The first-order valence-corrected chi connectivity index (χ1v) is 9.97. The van der Waals surface area contributed by atoms with Crippen LogP contribution in [0.3, 0.4) is 0 Å². The first kappa shape index (κ1) is 20.6. The minimum atomic E-state index is -0.220. The quantitative estimate of drug-likeness (QED) is 0.378. The van der Waals surface area contributed by atoms with E-state index in [1.807, 2.05) is 48.5 Å². The number of halogens is 1. The molecule has 6 heteroatoms. The van der Waals surface area contributed by atoms with Gasteiger partial charge in [0, 0.05) is 10.2 Å². The van der Waals surface area contributed by atoms with E-state index in [1.54, 1.807) is 6.21 Å². The zero-order valence-corrected chi connectivity index (χ0v) is 17.6. The summed E-state index contributed by atoms with van der Waals surface area (Å²) in [6.07, 6.45) is 1.60. The highest BCUT2D eigenvalue weighted by molar-refractivity contribution is 9.10. The van der Waals surface area contributed by atoms with Crippen LogP contribution in [-0.4, -0.2) is 18.7 Å². The zero-order valence-electron chi connectivity index (χ0n) is 16.1. The van der Waals surface area contributed by atoms with Crippen molar-refractivity contribution in [3.8, 4) is 5.75 Å². The lowest BCUT2D eigenvalue weighted by molar-refractivity contribution is -0.119. The van der Waals surface area contributed by atoms with E-state index in [4.69, 9.17) is 4.74 Å². The molecule has 3 aromatic rings. The van der Waals surface area contributed by atoms with Crippen molar-refractivity contribution in [3.05, 3.63) is 94.0 Å². The monoisotopic (exact) mass is 451 g/mol. The van der Waals surface area contributed by atoms with Gasteiger partial charge < -0.3 is 10.1 Å². The highest BCUT2D eigenvalue weighted by Gasteiger charge is 2.00. The molecule has 0 atom stereocenters. The topological polar surface area (TPSA) is 62.7 Å². The van der Waals surface area contributed by atoms with Gasteiger partial charge in [0.25, 0.3) is 5.91 Å². The van der Waals surface area contributed by atoms with Crippen molar-refractivity contribution in [1.29, 1.82) is 0 Å². The molecule has 0 aromatic heterocycles. The molecular weight excluding hydrogens is 430 g/mol. The van der Waals surface area contributed by atoms with Gasteiger partial charge in [-0.3, -0.25) is 4.79 Å². The average molecular weight is 452 g/mol. The summed E-state index contributed by atoms with van der Waals surface area (Å²) in [7, 11) is 0. The third-order valence-corrected chi connectivity index (χ3v) is 4.64. The number of anilines is 1. The molecule has 0 heterocycles. The van der Waals surface area contributed by atoms with Crippen LogP contribution in [0.4, 0.5) is 5.69 Å². The summed E-state index contributed by atoms with van der Waals surface area (Å²) in [5, 5.41) is 7.02. The maximum Gasteiger partial charge on any atom is 0.259 e. The predicted molar refractivity (Wildman–Crippen MR) is 120 cm³/mol. The number of carbonyl (C=O) groups is 1. The summed E-state index contributed by atoms with van der Waals surface area (Å²) in [5.41, 5.74) is 6.60. The number of hydrogen-bond donors (Lipinski definition) is 2. The molecule has 148 valence electrons. The lowest BCUT2D eigenvalue weighted by Crippen LogP contribution is -2.25. The summed E-state index contributed by atoms with van der Waals surface area (Å²) in [6, 6.07) is 23.4. The maximum atomic E-state index is 11.9. The van der Waals surface area contributed by atoms with Gasteiger partial charge in [0.1, 0.15) is 12.4 Å². The number of amides is 1. The first-order valence-electron chi connectivity index (χ1n) is 9.18. The number of benzene rings is 3. The zero-order chi connectivity index (χ0) is 20.5. The molecule has 3 rings (SSSR count).